The van der Waals surface area contributed by atoms with Crippen molar-refractivity contribution in [2.45, 2.75) is 13.5 Å². The van der Waals surface area contributed by atoms with Gasteiger partial charge in [0.2, 0.25) is 0 Å². The molecule has 1 aromatic heterocycles. The lowest BCUT2D eigenvalue weighted by Gasteiger charge is -2.06. The highest BCUT2D eigenvalue weighted by Gasteiger charge is 2.11. The number of hydrogen-bond donors (Lipinski definition) is 3. The van der Waals surface area contributed by atoms with Gasteiger partial charge >= 0.3 is 0 Å². The van der Waals surface area contributed by atoms with Gasteiger partial charge in [0.15, 0.2) is 5.82 Å². The third-order valence-corrected chi connectivity index (χ3v) is 2.52. The Kier molecular flexibility index (Phi) is 4.42. The van der Waals surface area contributed by atoms with Crippen LogP contribution in [0.5, 0.6) is 0 Å². The van der Waals surface area contributed by atoms with E-state index in [0.717, 1.165) is 5.56 Å². The predicted molar refractivity (Wildman–Crippen MR) is 70.5 cm³/mol. The number of aromatic nitrogens is 4. The number of nitrogens with zero attached hydrogens (tertiary/aromatic N) is 3. The maximum Gasteiger partial charge on any atom is 0.252 e. The van der Waals surface area contributed by atoms with Gasteiger partial charge in [-0.05, 0) is 19.1 Å². The van der Waals surface area contributed by atoms with E-state index >= 15 is 0 Å². The molecule has 0 aliphatic heterocycles. The molecule has 0 radical (unpaired) electrons. The SMILES string of the molecule is Cc1ccc(C#CCO)c(C(=O)NCc2nn[nH]n2)c1. The van der Waals surface area contributed by atoms with E-state index in [0.29, 0.717) is 17.0 Å². The van der Waals surface area contributed by atoms with Crippen molar-refractivity contribution in [1.29, 1.82) is 0 Å². The molecule has 0 atom stereocenters. The van der Waals surface area contributed by atoms with Crippen LogP contribution in [-0.2, 0) is 6.54 Å². The van der Waals surface area contributed by atoms with Crippen LogP contribution in [-0.4, -0.2) is 38.2 Å². The molecule has 0 saturated heterocycles. The highest BCUT2D eigenvalue weighted by Crippen LogP contribution is 2.11. The van der Waals surface area contributed by atoms with E-state index in [2.05, 4.69) is 37.8 Å². The highest BCUT2D eigenvalue weighted by atomic mass is 16.2. The van der Waals surface area contributed by atoms with Crippen LogP contribution in [0.3, 0.4) is 0 Å². The monoisotopic (exact) mass is 271 g/mol. The zero-order chi connectivity index (χ0) is 14.4. The Morgan fingerprint density at radius 1 is 1.50 bits per heavy atom. The van der Waals surface area contributed by atoms with E-state index in [4.69, 9.17) is 5.11 Å². The van der Waals surface area contributed by atoms with Crippen molar-refractivity contribution >= 4 is 5.91 Å². The van der Waals surface area contributed by atoms with Gasteiger partial charge in [-0.3, -0.25) is 4.79 Å². The lowest BCUT2D eigenvalue weighted by Crippen LogP contribution is -2.24. The summed E-state index contributed by atoms with van der Waals surface area (Å²) in [5, 5.41) is 24.6. The van der Waals surface area contributed by atoms with Gasteiger partial charge < -0.3 is 10.4 Å². The number of benzene rings is 1. The number of rotatable bonds is 3. The molecule has 0 bridgehead atoms. The summed E-state index contributed by atoms with van der Waals surface area (Å²) in [4.78, 5) is 12.1. The molecular weight excluding hydrogens is 258 g/mol. The second-order valence-electron chi connectivity index (χ2n) is 4.02. The molecule has 0 fully saturated rings. The molecule has 7 heteroatoms. The Labute approximate surface area is 115 Å². The largest absolute Gasteiger partial charge is 0.384 e. The minimum atomic E-state index is -0.277. The Bertz CT molecular complexity index is 655. The molecular formula is C13H13N5O2. The normalized spacial score (nSPS) is 9.70. The summed E-state index contributed by atoms with van der Waals surface area (Å²) in [6, 6.07) is 5.35. The number of carbonyl (C=O) groups is 1. The van der Waals surface area contributed by atoms with Crippen LogP contribution in [0.2, 0.25) is 0 Å². The number of aromatic amines is 1. The number of H-pyrrole nitrogens is 1. The fourth-order valence-corrected chi connectivity index (χ4v) is 1.60. The predicted octanol–water partition coefficient (Wildman–Crippen LogP) is -0.218. The lowest BCUT2D eigenvalue weighted by atomic mass is 10.0. The zero-order valence-corrected chi connectivity index (χ0v) is 10.8. The third kappa shape index (κ3) is 3.40. The Balaban J connectivity index is 2.17. The van der Waals surface area contributed by atoms with Crippen molar-refractivity contribution in [3.63, 3.8) is 0 Å². The number of tetrazole rings is 1. The standard InChI is InChI=1S/C13H13N5O2/c1-9-4-5-10(3-2-6-19)11(7-9)13(20)14-8-12-15-17-18-16-12/h4-5,7,19H,6,8H2,1H3,(H,14,20)(H,15,16,17,18). The van der Waals surface area contributed by atoms with Crippen molar-refractivity contribution in [3.05, 3.63) is 40.7 Å². The first-order chi connectivity index (χ1) is 9.70. The van der Waals surface area contributed by atoms with Gasteiger partial charge in [-0.1, -0.05) is 28.7 Å². The van der Waals surface area contributed by atoms with Gasteiger partial charge in [0, 0.05) is 5.56 Å². The number of amides is 1. The number of nitrogens with one attached hydrogen (secondary N) is 2. The smallest absolute Gasteiger partial charge is 0.252 e. The van der Waals surface area contributed by atoms with Crippen molar-refractivity contribution in [1.82, 2.24) is 25.9 Å². The van der Waals surface area contributed by atoms with Gasteiger partial charge in [0.25, 0.3) is 5.91 Å². The van der Waals surface area contributed by atoms with Gasteiger partial charge in [-0.15, -0.1) is 10.2 Å². The first-order valence-corrected chi connectivity index (χ1v) is 5.91. The second kappa shape index (κ2) is 6.45. The Morgan fingerprint density at radius 2 is 2.35 bits per heavy atom. The first-order valence-electron chi connectivity index (χ1n) is 5.91. The van der Waals surface area contributed by atoms with E-state index in [1.807, 2.05) is 13.0 Å². The van der Waals surface area contributed by atoms with Crippen LogP contribution in [0.25, 0.3) is 0 Å². The molecule has 20 heavy (non-hydrogen) atoms. The summed E-state index contributed by atoms with van der Waals surface area (Å²) >= 11 is 0. The fourth-order valence-electron chi connectivity index (χ4n) is 1.60. The molecule has 3 N–H and O–H groups in total. The maximum absolute atomic E-state index is 12.1. The van der Waals surface area contributed by atoms with Crippen LogP contribution in [0.15, 0.2) is 18.2 Å². The number of aryl methyl sites for hydroxylation is 1. The number of hydrogen-bond acceptors (Lipinski definition) is 5. The molecule has 2 aromatic rings. The Hall–Kier alpha value is -2.72. The minimum absolute atomic E-state index is 0.177. The molecule has 0 spiro atoms. The van der Waals surface area contributed by atoms with E-state index in [9.17, 15) is 4.79 Å². The molecule has 0 aliphatic rings. The maximum atomic E-state index is 12.1. The van der Waals surface area contributed by atoms with Gasteiger partial charge in [0.05, 0.1) is 12.1 Å². The molecule has 0 saturated carbocycles. The molecule has 0 unspecified atom stereocenters. The number of aliphatic hydroxyl groups excluding tert-OH is 1. The zero-order valence-electron chi connectivity index (χ0n) is 10.8. The van der Waals surface area contributed by atoms with Crippen molar-refractivity contribution < 1.29 is 9.90 Å². The minimum Gasteiger partial charge on any atom is -0.384 e. The van der Waals surface area contributed by atoms with Gasteiger partial charge in [0.1, 0.15) is 6.61 Å². The molecule has 0 aliphatic carbocycles. The van der Waals surface area contributed by atoms with Crippen LogP contribution in [0, 0.1) is 18.8 Å². The molecule has 1 aromatic carbocycles. The fraction of sp³-hybridized carbons (Fsp3) is 0.231. The van der Waals surface area contributed by atoms with Gasteiger partial charge in [-0.2, -0.15) is 5.21 Å². The molecule has 102 valence electrons. The average molecular weight is 271 g/mol. The molecule has 7 nitrogen and oxygen atoms in total. The van der Waals surface area contributed by atoms with Crippen LogP contribution in [0.1, 0.15) is 27.3 Å². The quantitative estimate of drug-likeness (QED) is 0.670. The van der Waals surface area contributed by atoms with Crippen LogP contribution in [0.4, 0.5) is 0 Å². The third-order valence-electron chi connectivity index (χ3n) is 2.52. The van der Waals surface area contributed by atoms with E-state index in [1.54, 1.807) is 12.1 Å². The van der Waals surface area contributed by atoms with E-state index < -0.39 is 0 Å². The summed E-state index contributed by atoms with van der Waals surface area (Å²) < 4.78 is 0. The molecule has 1 heterocycles. The van der Waals surface area contributed by atoms with Crippen molar-refractivity contribution in [3.8, 4) is 11.8 Å². The topological polar surface area (TPSA) is 104 Å². The summed E-state index contributed by atoms with van der Waals surface area (Å²) in [7, 11) is 0. The molecule has 1 amide bonds. The van der Waals surface area contributed by atoms with Crippen molar-refractivity contribution in [2.75, 3.05) is 6.61 Å². The summed E-state index contributed by atoms with van der Waals surface area (Å²) in [6.07, 6.45) is 0. The van der Waals surface area contributed by atoms with E-state index in [1.165, 1.54) is 0 Å². The Morgan fingerprint density at radius 3 is 3.05 bits per heavy atom. The van der Waals surface area contributed by atoms with E-state index in [-0.39, 0.29) is 19.1 Å². The lowest BCUT2D eigenvalue weighted by molar-refractivity contribution is 0.0949. The van der Waals surface area contributed by atoms with Crippen molar-refractivity contribution in [2.24, 2.45) is 0 Å². The van der Waals surface area contributed by atoms with Crippen LogP contribution < -0.4 is 5.32 Å². The summed E-state index contributed by atoms with van der Waals surface area (Å²) in [5.74, 6) is 5.41. The van der Waals surface area contributed by atoms with Gasteiger partial charge in [-0.25, -0.2) is 0 Å². The van der Waals surface area contributed by atoms with Crippen LogP contribution >= 0.6 is 0 Å². The molecule has 2 rings (SSSR count). The number of aliphatic hydroxyl groups is 1. The summed E-state index contributed by atoms with van der Waals surface area (Å²) in [6.45, 7) is 1.81. The highest BCUT2D eigenvalue weighted by molar-refractivity contribution is 5.96. The first kappa shape index (κ1) is 13.7. The average Bonchev–Trinajstić information content (AvgIpc) is 2.96. The number of carbonyl (C=O) groups excluding carboxylic acids is 1. The summed E-state index contributed by atoms with van der Waals surface area (Å²) in [5.41, 5.74) is 1.97. The second-order valence-corrected chi connectivity index (χ2v) is 4.02.